The predicted molar refractivity (Wildman–Crippen MR) is 152 cm³/mol. The third kappa shape index (κ3) is 5.39. The molecule has 0 aliphatic carbocycles. The van der Waals surface area contributed by atoms with Crippen LogP contribution in [0.25, 0.3) is 0 Å². The van der Waals surface area contributed by atoms with Gasteiger partial charge in [0.25, 0.3) is 0 Å². The highest BCUT2D eigenvalue weighted by molar-refractivity contribution is 6.01. The molecule has 4 atom stereocenters. The van der Waals surface area contributed by atoms with Crippen molar-refractivity contribution in [2.75, 3.05) is 0 Å². The van der Waals surface area contributed by atoms with Crippen LogP contribution in [-0.4, -0.2) is 28.5 Å². The van der Waals surface area contributed by atoms with Gasteiger partial charge in [0, 0.05) is 24.9 Å². The van der Waals surface area contributed by atoms with Gasteiger partial charge in [-0.1, -0.05) is 121 Å². The molecule has 5 nitrogen and oxygen atoms in total. The van der Waals surface area contributed by atoms with Crippen LogP contribution in [0.1, 0.15) is 51.5 Å². The molecule has 4 unspecified atom stereocenters. The Morgan fingerprint density at radius 2 is 1.26 bits per heavy atom. The van der Waals surface area contributed by atoms with Gasteiger partial charge in [-0.3, -0.25) is 14.4 Å². The molecule has 1 saturated heterocycles. The Morgan fingerprint density at radius 1 is 0.718 bits per heavy atom. The number of hydrogen-bond acceptors (Lipinski definition) is 3. The maximum Gasteiger partial charge on any atom is 0.243 e. The molecule has 1 aliphatic heterocycles. The molecule has 0 bridgehead atoms. The summed E-state index contributed by atoms with van der Waals surface area (Å²) in [6, 6.07) is 34.9. The second-order valence-electron chi connectivity index (χ2n) is 10.1. The van der Waals surface area contributed by atoms with E-state index in [2.05, 4.69) is 5.32 Å². The Kier molecular flexibility index (Phi) is 7.69. The van der Waals surface area contributed by atoms with Crippen LogP contribution in [0, 0.1) is 12.8 Å². The number of hydrogen-bond donors (Lipinski definition) is 1. The molecule has 0 aromatic heterocycles. The number of aryl methyl sites for hydroxylation is 1. The van der Waals surface area contributed by atoms with Crippen molar-refractivity contribution in [1.29, 1.82) is 0 Å². The summed E-state index contributed by atoms with van der Waals surface area (Å²) in [4.78, 5) is 43.3. The fourth-order valence-electron chi connectivity index (χ4n) is 5.78. The lowest BCUT2D eigenvalue weighted by molar-refractivity contribution is -0.139. The Hall–Kier alpha value is -4.51. The summed E-state index contributed by atoms with van der Waals surface area (Å²) < 4.78 is 0. The number of benzene rings is 4. The fourth-order valence-corrected chi connectivity index (χ4v) is 5.78. The molecule has 1 fully saturated rings. The lowest BCUT2D eigenvalue weighted by atomic mass is 9.76. The fraction of sp³-hybridized carbons (Fsp3) is 0.206. The molecule has 4 aromatic rings. The number of nitrogens with zero attached hydrogens (tertiary/aromatic N) is 1. The number of rotatable bonds is 7. The maximum absolute atomic E-state index is 14.3. The van der Waals surface area contributed by atoms with Gasteiger partial charge in [-0.05, 0) is 23.6 Å². The molecule has 5 rings (SSSR count). The SMILES string of the molecule is CC(=O)N1C(C(=O)NCc2ccc(C)cc2)C(c2ccccc2)C(C(=O)c2ccccc2)C1c1ccccc1. The van der Waals surface area contributed by atoms with Gasteiger partial charge < -0.3 is 10.2 Å². The van der Waals surface area contributed by atoms with E-state index in [0.29, 0.717) is 12.1 Å². The molecule has 4 aromatic carbocycles. The largest absolute Gasteiger partial charge is 0.350 e. The third-order valence-electron chi connectivity index (χ3n) is 7.57. The van der Waals surface area contributed by atoms with E-state index in [1.165, 1.54) is 6.92 Å². The normalized spacial score (nSPS) is 20.4. The molecule has 2 amide bonds. The molecular formula is C34H32N2O3. The molecule has 1 heterocycles. The number of likely N-dealkylation sites (tertiary alicyclic amines) is 1. The summed E-state index contributed by atoms with van der Waals surface area (Å²) in [7, 11) is 0. The van der Waals surface area contributed by atoms with E-state index in [-0.39, 0.29) is 17.6 Å². The molecule has 0 radical (unpaired) electrons. The van der Waals surface area contributed by atoms with Gasteiger partial charge >= 0.3 is 0 Å². The lowest BCUT2D eigenvalue weighted by Crippen LogP contribution is -2.47. The van der Waals surface area contributed by atoms with Gasteiger partial charge in [0.15, 0.2) is 5.78 Å². The van der Waals surface area contributed by atoms with Crippen LogP contribution in [0.15, 0.2) is 115 Å². The quantitative estimate of drug-likeness (QED) is 0.313. The van der Waals surface area contributed by atoms with Crippen molar-refractivity contribution < 1.29 is 14.4 Å². The number of ketones is 1. The second-order valence-corrected chi connectivity index (χ2v) is 10.1. The van der Waals surface area contributed by atoms with Gasteiger partial charge in [0.2, 0.25) is 11.8 Å². The minimum absolute atomic E-state index is 0.0848. The van der Waals surface area contributed by atoms with E-state index in [4.69, 9.17) is 0 Å². The van der Waals surface area contributed by atoms with E-state index in [1.807, 2.05) is 110 Å². The zero-order valence-corrected chi connectivity index (χ0v) is 22.2. The van der Waals surface area contributed by atoms with Gasteiger partial charge in [0.1, 0.15) is 6.04 Å². The summed E-state index contributed by atoms with van der Waals surface area (Å²) in [6.45, 7) is 3.83. The first kappa shape index (κ1) is 26.1. The predicted octanol–water partition coefficient (Wildman–Crippen LogP) is 5.87. The smallest absolute Gasteiger partial charge is 0.243 e. The first-order valence-corrected chi connectivity index (χ1v) is 13.3. The average Bonchev–Trinajstić information content (AvgIpc) is 3.34. The van der Waals surface area contributed by atoms with Gasteiger partial charge in [-0.25, -0.2) is 0 Å². The molecule has 0 spiro atoms. The molecule has 0 saturated carbocycles. The monoisotopic (exact) mass is 516 g/mol. The molecule has 196 valence electrons. The average molecular weight is 517 g/mol. The number of amides is 2. The summed E-state index contributed by atoms with van der Waals surface area (Å²) in [5, 5.41) is 3.07. The van der Waals surface area contributed by atoms with E-state index in [0.717, 1.165) is 22.3 Å². The van der Waals surface area contributed by atoms with Crippen molar-refractivity contribution >= 4 is 17.6 Å². The summed E-state index contributed by atoms with van der Waals surface area (Å²) >= 11 is 0. The van der Waals surface area contributed by atoms with E-state index >= 15 is 0 Å². The highest BCUT2D eigenvalue weighted by Crippen LogP contribution is 2.51. The van der Waals surface area contributed by atoms with Gasteiger partial charge in [0.05, 0.1) is 12.0 Å². The zero-order chi connectivity index (χ0) is 27.4. The van der Waals surface area contributed by atoms with Crippen molar-refractivity contribution in [3.63, 3.8) is 0 Å². The van der Waals surface area contributed by atoms with Gasteiger partial charge in [-0.2, -0.15) is 0 Å². The standard InChI is InChI=1S/C34H32N2O3/c1-23-18-20-25(21-19-23)22-35-34(39)32-29(26-12-6-3-7-13-26)30(33(38)28-16-10-5-11-17-28)31(36(32)24(2)37)27-14-8-4-9-15-27/h3-21,29-32H,22H2,1-2H3,(H,35,39). The van der Waals surface area contributed by atoms with Crippen LogP contribution in [0.3, 0.4) is 0 Å². The minimum Gasteiger partial charge on any atom is -0.350 e. The Morgan fingerprint density at radius 3 is 1.82 bits per heavy atom. The summed E-state index contributed by atoms with van der Waals surface area (Å²) in [5.74, 6) is -1.80. The topological polar surface area (TPSA) is 66.5 Å². The van der Waals surface area contributed by atoms with E-state index < -0.39 is 23.9 Å². The van der Waals surface area contributed by atoms with Crippen molar-refractivity contribution in [3.05, 3.63) is 143 Å². The molecular weight excluding hydrogens is 484 g/mol. The van der Waals surface area contributed by atoms with Crippen molar-refractivity contribution in [3.8, 4) is 0 Å². The molecule has 39 heavy (non-hydrogen) atoms. The maximum atomic E-state index is 14.3. The van der Waals surface area contributed by atoms with Crippen LogP contribution in [0.4, 0.5) is 0 Å². The van der Waals surface area contributed by atoms with Crippen LogP contribution in [0.5, 0.6) is 0 Å². The minimum atomic E-state index is -0.863. The van der Waals surface area contributed by atoms with Crippen LogP contribution in [0.2, 0.25) is 0 Å². The number of Topliss-reactive ketones (excluding diaryl/α,β-unsaturated/α-hetero) is 1. The first-order chi connectivity index (χ1) is 19.0. The summed E-state index contributed by atoms with van der Waals surface area (Å²) in [5.41, 5.74) is 4.35. The van der Waals surface area contributed by atoms with Crippen LogP contribution >= 0.6 is 0 Å². The molecule has 1 N–H and O–H groups in total. The molecule has 1 aliphatic rings. The van der Waals surface area contributed by atoms with Crippen LogP contribution < -0.4 is 5.32 Å². The van der Waals surface area contributed by atoms with E-state index in [1.54, 1.807) is 17.0 Å². The number of carbonyl (C=O) groups is 3. The van der Waals surface area contributed by atoms with Crippen molar-refractivity contribution in [1.82, 2.24) is 10.2 Å². The van der Waals surface area contributed by atoms with E-state index in [9.17, 15) is 14.4 Å². The number of nitrogens with one attached hydrogen (secondary N) is 1. The Bertz CT molecular complexity index is 1440. The third-order valence-corrected chi connectivity index (χ3v) is 7.57. The lowest BCUT2D eigenvalue weighted by Gasteiger charge is -2.30. The Balaban J connectivity index is 1.63. The summed E-state index contributed by atoms with van der Waals surface area (Å²) in [6.07, 6.45) is 0. The van der Waals surface area contributed by atoms with Crippen molar-refractivity contribution in [2.45, 2.75) is 38.4 Å². The van der Waals surface area contributed by atoms with Gasteiger partial charge in [-0.15, -0.1) is 0 Å². The van der Waals surface area contributed by atoms with Crippen LogP contribution in [-0.2, 0) is 16.1 Å². The number of carbonyl (C=O) groups excluding carboxylic acids is 3. The Labute approximate surface area is 229 Å². The molecule has 5 heteroatoms. The zero-order valence-electron chi connectivity index (χ0n) is 22.2. The highest BCUT2D eigenvalue weighted by atomic mass is 16.2. The second kappa shape index (κ2) is 11.5. The van der Waals surface area contributed by atoms with Crippen molar-refractivity contribution in [2.24, 2.45) is 5.92 Å². The first-order valence-electron chi connectivity index (χ1n) is 13.3. The highest BCUT2D eigenvalue weighted by Gasteiger charge is 2.56.